The maximum atomic E-state index is 2.58. The Kier molecular flexibility index (Phi) is 6.60. The van der Waals surface area contributed by atoms with Crippen molar-refractivity contribution in [2.24, 2.45) is 0 Å². The quantitative estimate of drug-likeness (QED) is 0.170. The fourth-order valence-corrected chi connectivity index (χ4v) is 8.02. The molecule has 0 amide bonds. The van der Waals surface area contributed by atoms with Gasteiger partial charge in [-0.25, -0.2) is 0 Å². The number of hydrogen-bond acceptors (Lipinski definition) is 1. The number of rotatable bonds is 5. The van der Waals surface area contributed by atoms with Crippen LogP contribution in [0, 0.1) is 0 Å². The Morgan fingerprint density at radius 3 is 1.48 bits per heavy atom. The smallest absolute Gasteiger partial charge is 0.235 e. The molecule has 2 heteroatoms. The molecule has 1 atom stereocenters. The molecule has 0 bridgehead atoms. The van der Waals surface area contributed by atoms with Crippen LogP contribution >= 0.6 is 0 Å². The molecule has 7 aromatic rings. The summed E-state index contributed by atoms with van der Waals surface area (Å²) >= 11 is 0. The minimum absolute atomic E-state index is 0.0140. The summed E-state index contributed by atoms with van der Waals surface area (Å²) in [7, 11) is 0. The molecular weight excluding hydrogens is 605 g/mol. The number of nitrogens with zero attached hydrogens (tertiary/aromatic N) is 2. The van der Waals surface area contributed by atoms with Crippen molar-refractivity contribution < 1.29 is 0 Å². The third-order valence-electron chi connectivity index (χ3n) is 10.3. The Labute approximate surface area is 292 Å². The van der Waals surface area contributed by atoms with E-state index in [1.54, 1.807) is 0 Å². The molecule has 7 aromatic carbocycles. The molecule has 234 valence electrons. The van der Waals surface area contributed by atoms with Crippen LogP contribution in [0.1, 0.15) is 11.1 Å². The van der Waals surface area contributed by atoms with Gasteiger partial charge in [0.2, 0.25) is 17.1 Å². The zero-order chi connectivity index (χ0) is 33.0. The zero-order valence-electron chi connectivity index (χ0n) is 27.4. The van der Waals surface area contributed by atoms with E-state index in [1.807, 2.05) is 0 Å². The molecule has 2 aliphatic heterocycles. The summed E-state index contributed by atoms with van der Waals surface area (Å²) in [5.41, 5.74) is 18.5. The Bertz CT molecular complexity index is 2490. The predicted molar refractivity (Wildman–Crippen MR) is 210 cm³/mol. The largest absolute Gasteiger partial charge is 0.318 e. The molecule has 2 heterocycles. The van der Waals surface area contributed by atoms with Crippen molar-refractivity contribution in [1.82, 2.24) is 4.58 Å². The van der Waals surface area contributed by atoms with Gasteiger partial charge in [0.15, 0.2) is 0 Å². The van der Waals surface area contributed by atoms with E-state index < -0.39 is 0 Å². The molecule has 0 spiro atoms. The van der Waals surface area contributed by atoms with Crippen molar-refractivity contribution in [2.75, 3.05) is 4.90 Å². The highest BCUT2D eigenvalue weighted by Crippen LogP contribution is 2.55. The Morgan fingerprint density at radius 2 is 0.880 bits per heavy atom. The number of fused-ring (bicyclic) bond motifs is 5. The van der Waals surface area contributed by atoms with Crippen molar-refractivity contribution in [3.8, 4) is 33.4 Å². The second-order valence-electron chi connectivity index (χ2n) is 13.1. The molecule has 3 aliphatic rings. The van der Waals surface area contributed by atoms with Crippen LogP contribution in [0.3, 0.4) is 0 Å². The van der Waals surface area contributed by atoms with E-state index >= 15 is 0 Å². The number of allylic oxidation sites excluding steroid dienone is 2. The lowest BCUT2D eigenvalue weighted by atomic mass is 9.84. The third kappa shape index (κ3) is 4.53. The highest BCUT2D eigenvalue weighted by molar-refractivity contribution is 6.26. The maximum absolute atomic E-state index is 2.58. The van der Waals surface area contributed by atoms with Gasteiger partial charge in [0.25, 0.3) is 0 Å². The summed E-state index contributed by atoms with van der Waals surface area (Å²) in [6.07, 6.45) is 4.70. The molecule has 0 saturated heterocycles. The Hall–Kier alpha value is -6.51. The van der Waals surface area contributed by atoms with E-state index in [4.69, 9.17) is 0 Å². The molecule has 1 unspecified atom stereocenters. The number of anilines is 2. The first kappa shape index (κ1) is 28.5. The minimum Gasteiger partial charge on any atom is -0.318 e. The van der Waals surface area contributed by atoms with Gasteiger partial charge in [0.05, 0.1) is 5.69 Å². The van der Waals surface area contributed by atoms with E-state index in [9.17, 15) is 0 Å². The van der Waals surface area contributed by atoms with Crippen molar-refractivity contribution >= 4 is 39.6 Å². The van der Waals surface area contributed by atoms with Gasteiger partial charge in [-0.05, 0) is 80.9 Å². The Morgan fingerprint density at radius 1 is 0.400 bits per heavy atom. The van der Waals surface area contributed by atoms with Crippen LogP contribution in [0.5, 0.6) is 0 Å². The molecular formula is C48H33N2+. The monoisotopic (exact) mass is 637 g/mol. The van der Waals surface area contributed by atoms with E-state index in [2.05, 4.69) is 204 Å². The zero-order valence-corrected chi connectivity index (χ0v) is 27.4. The van der Waals surface area contributed by atoms with E-state index in [0.717, 1.165) is 5.69 Å². The molecule has 0 radical (unpaired) electrons. The SMILES string of the molecule is C1=CC2=[N+](c3ccc(-c4ccccc4)cc3)c3cc(-c4ccccc4)ccc3N3c4ccc(-c5ccccc5)cc4C(=C1c1ccccc1)C23. The molecule has 0 aromatic heterocycles. The van der Waals surface area contributed by atoms with Crippen LogP contribution in [0.2, 0.25) is 0 Å². The lowest BCUT2D eigenvalue weighted by molar-refractivity contribution is 0.933. The molecule has 0 N–H and O–H groups in total. The van der Waals surface area contributed by atoms with Crippen LogP contribution in [-0.4, -0.2) is 11.8 Å². The summed E-state index contributed by atoms with van der Waals surface area (Å²) in [5.74, 6) is 0. The molecule has 1 aliphatic carbocycles. The lowest BCUT2D eigenvalue weighted by Crippen LogP contribution is -2.43. The number of benzene rings is 7. The molecule has 0 saturated carbocycles. The van der Waals surface area contributed by atoms with Crippen LogP contribution < -0.4 is 9.48 Å². The van der Waals surface area contributed by atoms with Gasteiger partial charge in [-0.15, -0.1) is 0 Å². The average molecular weight is 638 g/mol. The summed E-state index contributed by atoms with van der Waals surface area (Å²) < 4.78 is 2.50. The number of hydrogen-bond donors (Lipinski definition) is 0. The fraction of sp³-hybridized carbons (Fsp3) is 0.0208. The van der Waals surface area contributed by atoms with Gasteiger partial charge >= 0.3 is 0 Å². The van der Waals surface area contributed by atoms with Crippen LogP contribution in [0.15, 0.2) is 194 Å². The normalized spacial score (nSPS) is 15.5. The summed E-state index contributed by atoms with van der Waals surface area (Å²) in [5, 5.41) is 0. The van der Waals surface area contributed by atoms with Gasteiger partial charge in [0.1, 0.15) is 11.7 Å². The summed E-state index contributed by atoms with van der Waals surface area (Å²) in [6.45, 7) is 0. The van der Waals surface area contributed by atoms with Crippen molar-refractivity contribution in [1.29, 1.82) is 0 Å². The summed E-state index contributed by atoms with van der Waals surface area (Å²) in [4.78, 5) is 2.58. The van der Waals surface area contributed by atoms with Gasteiger partial charge in [-0.1, -0.05) is 133 Å². The first-order valence-corrected chi connectivity index (χ1v) is 17.3. The van der Waals surface area contributed by atoms with Crippen LogP contribution in [-0.2, 0) is 0 Å². The first-order chi connectivity index (χ1) is 24.8. The molecule has 2 nitrogen and oxygen atoms in total. The third-order valence-corrected chi connectivity index (χ3v) is 10.3. The minimum atomic E-state index is 0.0140. The van der Waals surface area contributed by atoms with Gasteiger partial charge in [-0.3, -0.25) is 0 Å². The van der Waals surface area contributed by atoms with E-state index in [-0.39, 0.29) is 6.04 Å². The predicted octanol–water partition coefficient (Wildman–Crippen LogP) is 12.0. The second-order valence-corrected chi connectivity index (χ2v) is 13.1. The van der Waals surface area contributed by atoms with Crippen molar-refractivity contribution in [2.45, 2.75) is 6.04 Å². The van der Waals surface area contributed by atoms with Gasteiger partial charge < -0.3 is 4.90 Å². The lowest BCUT2D eigenvalue weighted by Gasteiger charge is -2.34. The molecule has 10 rings (SSSR count). The average Bonchev–Trinajstić information content (AvgIpc) is 3.55. The molecule has 0 fully saturated rings. The maximum Gasteiger partial charge on any atom is 0.235 e. The van der Waals surface area contributed by atoms with Crippen LogP contribution in [0.4, 0.5) is 22.7 Å². The molecule has 50 heavy (non-hydrogen) atoms. The topological polar surface area (TPSA) is 6.25 Å². The van der Waals surface area contributed by atoms with Gasteiger partial charge in [-0.2, -0.15) is 4.58 Å². The summed E-state index contributed by atoms with van der Waals surface area (Å²) in [6, 6.07) is 66.1. The Balaban J connectivity index is 1.24. The highest BCUT2D eigenvalue weighted by Gasteiger charge is 2.50. The van der Waals surface area contributed by atoms with Crippen molar-refractivity contribution in [3.05, 3.63) is 205 Å². The highest BCUT2D eigenvalue weighted by atomic mass is 15.3. The van der Waals surface area contributed by atoms with Gasteiger partial charge in [0, 0.05) is 35.4 Å². The van der Waals surface area contributed by atoms with E-state index in [1.165, 1.54) is 78.4 Å². The standard InChI is InChI=1S/C48H33N2/c1-5-13-33(14-6-1)36-21-25-40(26-22-36)49-45-30-27-41(37-19-11-4-12-20-37)47-42-31-38(34-15-7-2-8-16-34)23-28-43(42)50(48(45)47)44-29-24-39(32-46(44)49)35-17-9-3-10-18-35/h1-32,48H/q+1. The van der Waals surface area contributed by atoms with E-state index in [0.29, 0.717) is 0 Å². The fourth-order valence-electron chi connectivity index (χ4n) is 8.02. The van der Waals surface area contributed by atoms with Crippen molar-refractivity contribution in [3.63, 3.8) is 0 Å². The first-order valence-electron chi connectivity index (χ1n) is 17.3. The second kappa shape index (κ2) is 11.6. The van der Waals surface area contributed by atoms with Crippen LogP contribution in [0.25, 0.3) is 44.5 Å².